The Balaban J connectivity index is 1.72. The van der Waals surface area contributed by atoms with E-state index in [9.17, 15) is 0 Å². The molecule has 0 amide bonds. The molecule has 0 aliphatic carbocycles. The van der Waals surface area contributed by atoms with Gasteiger partial charge in [-0.2, -0.15) is 4.98 Å². The second-order valence-electron chi connectivity index (χ2n) is 9.06. The van der Waals surface area contributed by atoms with Gasteiger partial charge in [0.25, 0.3) is 0 Å². The lowest BCUT2D eigenvalue weighted by Crippen LogP contribution is -2.25. The van der Waals surface area contributed by atoms with Gasteiger partial charge < -0.3 is 19.3 Å². The predicted octanol–water partition coefficient (Wildman–Crippen LogP) is 5.54. The smallest absolute Gasteiger partial charge is 0.240 e. The van der Waals surface area contributed by atoms with Gasteiger partial charge in [0.05, 0.1) is 20.8 Å². The van der Waals surface area contributed by atoms with E-state index in [0.29, 0.717) is 35.7 Å². The van der Waals surface area contributed by atoms with E-state index in [-0.39, 0.29) is 11.5 Å². The molecular formula is C25H33N3O3. The molecule has 0 fully saturated rings. The molecule has 0 saturated carbocycles. The van der Waals surface area contributed by atoms with Crippen LogP contribution in [0.5, 0.6) is 11.5 Å². The summed E-state index contributed by atoms with van der Waals surface area (Å²) in [6.07, 6.45) is 0. The Hall–Kier alpha value is -2.86. The number of nitrogens with one attached hydrogen (secondary N) is 1. The van der Waals surface area contributed by atoms with Crippen LogP contribution in [0.4, 0.5) is 0 Å². The fourth-order valence-corrected chi connectivity index (χ4v) is 3.55. The summed E-state index contributed by atoms with van der Waals surface area (Å²) in [6, 6.07) is 14.6. The molecule has 6 heteroatoms. The maximum absolute atomic E-state index is 5.48. The van der Waals surface area contributed by atoms with Crippen molar-refractivity contribution in [1.29, 1.82) is 0 Å². The number of benzene rings is 2. The second kappa shape index (κ2) is 9.52. The highest BCUT2D eigenvalue weighted by Gasteiger charge is 2.19. The lowest BCUT2D eigenvalue weighted by Gasteiger charge is -2.24. The molecule has 0 bridgehead atoms. The maximum atomic E-state index is 5.48. The first-order chi connectivity index (χ1) is 14.7. The van der Waals surface area contributed by atoms with Crippen LogP contribution in [-0.2, 0) is 12.0 Å². The summed E-state index contributed by atoms with van der Waals surface area (Å²) in [5.74, 6) is 2.76. The maximum Gasteiger partial charge on any atom is 0.240 e. The molecule has 166 valence electrons. The molecule has 3 rings (SSSR count). The van der Waals surface area contributed by atoms with Crippen molar-refractivity contribution in [2.24, 2.45) is 5.92 Å². The molecule has 31 heavy (non-hydrogen) atoms. The Morgan fingerprint density at radius 2 is 1.65 bits per heavy atom. The summed E-state index contributed by atoms with van der Waals surface area (Å²) in [5.41, 5.74) is 3.53. The molecule has 0 spiro atoms. The van der Waals surface area contributed by atoms with Crippen molar-refractivity contribution in [2.45, 2.75) is 52.6 Å². The van der Waals surface area contributed by atoms with Crippen molar-refractivity contribution in [3.63, 3.8) is 0 Å². The van der Waals surface area contributed by atoms with E-state index in [0.717, 1.165) is 5.56 Å². The van der Waals surface area contributed by atoms with Gasteiger partial charge in [0.2, 0.25) is 11.7 Å². The van der Waals surface area contributed by atoms with Crippen molar-refractivity contribution in [1.82, 2.24) is 15.5 Å². The summed E-state index contributed by atoms with van der Waals surface area (Å²) in [6.45, 7) is 11.6. The van der Waals surface area contributed by atoms with E-state index in [1.807, 2.05) is 18.2 Å². The zero-order valence-corrected chi connectivity index (χ0v) is 19.5. The second-order valence-corrected chi connectivity index (χ2v) is 9.06. The molecular weight excluding hydrogens is 390 g/mol. The lowest BCUT2D eigenvalue weighted by molar-refractivity contribution is 0.337. The van der Waals surface area contributed by atoms with Crippen LogP contribution in [-0.4, -0.2) is 24.4 Å². The van der Waals surface area contributed by atoms with Gasteiger partial charge in [-0.25, -0.2) is 0 Å². The highest BCUT2D eigenvalue weighted by molar-refractivity contribution is 5.60. The van der Waals surface area contributed by atoms with E-state index in [1.54, 1.807) is 14.2 Å². The normalized spacial score (nSPS) is 12.8. The minimum atomic E-state index is 0.142. The summed E-state index contributed by atoms with van der Waals surface area (Å²) >= 11 is 0. The van der Waals surface area contributed by atoms with Gasteiger partial charge >= 0.3 is 0 Å². The van der Waals surface area contributed by atoms with E-state index in [1.165, 1.54) is 11.1 Å². The minimum absolute atomic E-state index is 0.142. The topological polar surface area (TPSA) is 69.4 Å². The molecule has 1 N–H and O–H groups in total. The first-order valence-corrected chi connectivity index (χ1v) is 10.6. The molecule has 1 unspecified atom stereocenters. The van der Waals surface area contributed by atoms with E-state index in [4.69, 9.17) is 14.0 Å². The number of rotatable bonds is 8. The van der Waals surface area contributed by atoms with Gasteiger partial charge in [-0.15, -0.1) is 0 Å². The minimum Gasteiger partial charge on any atom is -0.493 e. The van der Waals surface area contributed by atoms with Crippen LogP contribution in [0.25, 0.3) is 11.4 Å². The Morgan fingerprint density at radius 3 is 2.23 bits per heavy atom. The number of hydrogen-bond acceptors (Lipinski definition) is 6. The molecule has 2 aromatic carbocycles. The average Bonchev–Trinajstić information content (AvgIpc) is 3.22. The van der Waals surface area contributed by atoms with Crippen LogP contribution < -0.4 is 14.8 Å². The van der Waals surface area contributed by atoms with Crippen molar-refractivity contribution >= 4 is 0 Å². The first-order valence-electron chi connectivity index (χ1n) is 10.6. The molecule has 1 atom stereocenters. The quantitative estimate of drug-likeness (QED) is 0.513. The Labute approximate surface area is 185 Å². The fraction of sp³-hybridized carbons (Fsp3) is 0.440. The standard InChI is InChI=1S/C25H33N3O3/c1-16(2)23(17-8-11-19(12-9-17)25(3,4)5)26-15-22-27-24(28-31-22)18-10-13-20(29-6)21(14-18)30-7/h8-14,16,23,26H,15H2,1-7H3. The monoisotopic (exact) mass is 423 g/mol. The molecule has 0 aliphatic rings. The van der Waals surface area contributed by atoms with Crippen LogP contribution in [0.1, 0.15) is 57.7 Å². The molecule has 0 saturated heterocycles. The summed E-state index contributed by atoms with van der Waals surface area (Å²) in [4.78, 5) is 4.55. The third kappa shape index (κ3) is 5.44. The van der Waals surface area contributed by atoms with E-state index in [2.05, 4.69) is 74.3 Å². The Kier molecular flexibility index (Phi) is 7.01. The first kappa shape index (κ1) is 22.8. The van der Waals surface area contributed by atoms with Crippen LogP contribution in [0, 0.1) is 5.92 Å². The summed E-state index contributed by atoms with van der Waals surface area (Å²) < 4.78 is 16.1. The molecule has 6 nitrogen and oxygen atoms in total. The average molecular weight is 424 g/mol. The Morgan fingerprint density at radius 1 is 0.968 bits per heavy atom. The highest BCUT2D eigenvalue weighted by atomic mass is 16.5. The summed E-state index contributed by atoms with van der Waals surface area (Å²) in [5, 5.41) is 7.70. The van der Waals surface area contributed by atoms with Gasteiger partial charge in [-0.3, -0.25) is 0 Å². The van der Waals surface area contributed by atoms with Crippen molar-refractivity contribution in [3.8, 4) is 22.9 Å². The largest absolute Gasteiger partial charge is 0.493 e. The zero-order valence-electron chi connectivity index (χ0n) is 19.5. The van der Waals surface area contributed by atoms with Crippen molar-refractivity contribution in [2.75, 3.05) is 14.2 Å². The number of methoxy groups -OCH3 is 2. The van der Waals surface area contributed by atoms with E-state index < -0.39 is 0 Å². The van der Waals surface area contributed by atoms with E-state index >= 15 is 0 Å². The molecule has 1 heterocycles. The number of nitrogens with zero attached hydrogens (tertiary/aromatic N) is 2. The number of ether oxygens (including phenoxy) is 2. The van der Waals surface area contributed by atoms with Gasteiger partial charge in [0.1, 0.15) is 0 Å². The van der Waals surface area contributed by atoms with Gasteiger partial charge in [-0.05, 0) is 40.7 Å². The van der Waals surface area contributed by atoms with Crippen molar-refractivity contribution < 1.29 is 14.0 Å². The number of hydrogen-bond donors (Lipinski definition) is 1. The van der Waals surface area contributed by atoms with Crippen LogP contribution in [0.2, 0.25) is 0 Å². The highest BCUT2D eigenvalue weighted by Crippen LogP contribution is 2.31. The third-order valence-electron chi connectivity index (χ3n) is 5.39. The predicted molar refractivity (Wildman–Crippen MR) is 122 cm³/mol. The molecule has 0 aliphatic heterocycles. The SMILES string of the molecule is COc1ccc(-c2noc(CNC(c3ccc(C(C)(C)C)cc3)C(C)C)n2)cc1OC. The molecule has 3 aromatic rings. The van der Waals surface area contributed by atoms with Crippen LogP contribution in [0.3, 0.4) is 0 Å². The Bertz CT molecular complexity index is 988. The third-order valence-corrected chi connectivity index (χ3v) is 5.39. The lowest BCUT2D eigenvalue weighted by atomic mass is 9.85. The van der Waals surface area contributed by atoms with Gasteiger partial charge in [0.15, 0.2) is 11.5 Å². The van der Waals surface area contributed by atoms with Crippen LogP contribution >= 0.6 is 0 Å². The fourth-order valence-electron chi connectivity index (χ4n) is 3.55. The van der Waals surface area contributed by atoms with Crippen LogP contribution in [0.15, 0.2) is 47.0 Å². The number of aromatic nitrogens is 2. The van der Waals surface area contributed by atoms with Crippen molar-refractivity contribution in [3.05, 3.63) is 59.5 Å². The molecule has 1 aromatic heterocycles. The summed E-state index contributed by atoms with van der Waals surface area (Å²) in [7, 11) is 3.21. The zero-order chi connectivity index (χ0) is 22.6. The van der Waals surface area contributed by atoms with Gasteiger partial charge in [0, 0.05) is 11.6 Å². The molecule has 0 radical (unpaired) electrons. The van der Waals surface area contributed by atoms with Gasteiger partial charge in [-0.1, -0.05) is 64.0 Å².